The second kappa shape index (κ2) is 6.91. The summed E-state index contributed by atoms with van der Waals surface area (Å²) in [4.78, 5) is 11.0. The first-order valence-electron chi connectivity index (χ1n) is 5.47. The molecule has 0 bridgehead atoms. The number of esters is 1. The van der Waals surface area contributed by atoms with Gasteiger partial charge in [0.05, 0.1) is 33.4 Å². The van der Waals surface area contributed by atoms with E-state index >= 15 is 0 Å². The Morgan fingerprint density at radius 2 is 1.88 bits per heavy atom. The summed E-state index contributed by atoms with van der Waals surface area (Å²) >= 11 is 0. The van der Waals surface area contributed by atoms with E-state index in [4.69, 9.17) is 9.47 Å². The van der Waals surface area contributed by atoms with Crippen molar-refractivity contribution in [3.63, 3.8) is 0 Å². The summed E-state index contributed by atoms with van der Waals surface area (Å²) in [7, 11) is 3.00. The summed E-state index contributed by atoms with van der Waals surface area (Å²) in [6.07, 6.45) is 0.122. The number of benzene rings is 1. The van der Waals surface area contributed by atoms with Crippen molar-refractivity contribution in [2.75, 3.05) is 14.2 Å². The van der Waals surface area contributed by atoms with Gasteiger partial charge in [0.15, 0.2) is 0 Å². The van der Waals surface area contributed by atoms with Gasteiger partial charge in [0.25, 0.3) is 0 Å². The molecule has 0 heterocycles. The molecule has 1 aromatic rings. The third kappa shape index (κ3) is 4.87. The van der Waals surface area contributed by atoms with Gasteiger partial charge in [-0.25, -0.2) is 0 Å². The van der Waals surface area contributed by atoms with Crippen molar-refractivity contribution in [1.82, 2.24) is 0 Å². The number of rotatable bonds is 6. The molecular formula is C13H18O4. The van der Waals surface area contributed by atoms with E-state index in [2.05, 4.69) is 4.74 Å². The van der Waals surface area contributed by atoms with Gasteiger partial charge < -0.3 is 14.2 Å². The zero-order valence-corrected chi connectivity index (χ0v) is 10.4. The minimum absolute atomic E-state index is 0.149. The highest BCUT2D eigenvalue weighted by atomic mass is 16.5. The quantitative estimate of drug-likeness (QED) is 0.712. The number of methoxy groups -OCH3 is 2. The van der Waals surface area contributed by atoms with Gasteiger partial charge in [-0.15, -0.1) is 0 Å². The number of carbonyl (C=O) groups excluding carboxylic acids is 1. The smallest absolute Gasteiger partial charge is 0.308 e. The lowest BCUT2D eigenvalue weighted by molar-refractivity contribution is -0.143. The molecule has 0 aliphatic heterocycles. The van der Waals surface area contributed by atoms with Crippen LogP contribution in [0.3, 0.4) is 0 Å². The molecule has 4 heteroatoms. The van der Waals surface area contributed by atoms with Crippen LogP contribution in [0.25, 0.3) is 0 Å². The lowest BCUT2D eigenvalue weighted by atomic mass is 10.2. The van der Waals surface area contributed by atoms with Gasteiger partial charge in [-0.1, -0.05) is 12.1 Å². The molecule has 0 aliphatic carbocycles. The van der Waals surface area contributed by atoms with Crippen molar-refractivity contribution in [3.8, 4) is 5.75 Å². The maximum atomic E-state index is 11.0. The molecule has 1 atom stereocenters. The summed E-state index contributed by atoms with van der Waals surface area (Å²) in [5, 5.41) is 0. The van der Waals surface area contributed by atoms with Gasteiger partial charge in [0.2, 0.25) is 0 Å². The molecule has 1 rings (SSSR count). The lowest BCUT2D eigenvalue weighted by Gasteiger charge is -2.11. The van der Waals surface area contributed by atoms with Crippen LogP contribution in [0, 0.1) is 0 Å². The van der Waals surface area contributed by atoms with Gasteiger partial charge in [0, 0.05) is 0 Å². The minimum atomic E-state index is -0.257. The lowest BCUT2D eigenvalue weighted by Crippen LogP contribution is -2.15. The molecule has 0 amide bonds. The van der Waals surface area contributed by atoms with Crippen LogP contribution < -0.4 is 4.74 Å². The van der Waals surface area contributed by atoms with E-state index in [0.717, 1.165) is 11.3 Å². The summed E-state index contributed by atoms with van der Waals surface area (Å²) in [5.41, 5.74) is 1.04. The molecule has 94 valence electrons. The molecule has 4 nitrogen and oxygen atoms in total. The predicted molar refractivity (Wildman–Crippen MR) is 63.9 cm³/mol. The zero-order chi connectivity index (χ0) is 12.7. The third-order valence-electron chi connectivity index (χ3n) is 2.38. The maximum Gasteiger partial charge on any atom is 0.308 e. The first-order valence-corrected chi connectivity index (χ1v) is 5.47. The van der Waals surface area contributed by atoms with E-state index in [1.165, 1.54) is 7.11 Å². The van der Waals surface area contributed by atoms with Crippen molar-refractivity contribution in [2.45, 2.75) is 26.1 Å². The fourth-order valence-electron chi connectivity index (χ4n) is 1.34. The Morgan fingerprint density at radius 1 is 1.24 bits per heavy atom. The highest BCUT2D eigenvalue weighted by Crippen LogP contribution is 2.13. The molecule has 0 saturated carbocycles. The first kappa shape index (κ1) is 13.5. The summed E-state index contributed by atoms with van der Waals surface area (Å²) in [5.74, 6) is 0.559. The van der Waals surface area contributed by atoms with Crippen molar-refractivity contribution >= 4 is 5.97 Å². The van der Waals surface area contributed by atoms with Crippen LogP contribution in [0.15, 0.2) is 24.3 Å². The van der Waals surface area contributed by atoms with Crippen molar-refractivity contribution in [1.29, 1.82) is 0 Å². The average Bonchev–Trinajstić information content (AvgIpc) is 2.36. The Balaban J connectivity index is 2.36. The van der Waals surface area contributed by atoms with Gasteiger partial charge in [-0.2, -0.15) is 0 Å². The predicted octanol–water partition coefficient (Wildman–Crippen LogP) is 2.16. The molecule has 0 saturated heterocycles. The molecule has 17 heavy (non-hydrogen) atoms. The normalized spacial score (nSPS) is 11.9. The molecule has 0 radical (unpaired) electrons. The molecule has 0 spiro atoms. The third-order valence-corrected chi connectivity index (χ3v) is 2.38. The number of hydrogen-bond acceptors (Lipinski definition) is 4. The molecular weight excluding hydrogens is 220 g/mol. The summed E-state index contributed by atoms with van der Waals surface area (Å²) in [6, 6.07) is 7.63. The van der Waals surface area contributed by atoms with Gasteiger partial charge in [-0.05, 0) is 24.6 Å². The number of carbonyl (C=O) groups is 1. The van der Waals surface area contributed by atoms with Crippen LogP contribution >= 0.6 is 0 Å². The largest absolute Gasteiger partial charge is 0.497 e. The Morgan fingerprint density at radius 3 is 2.41 bits per heavy atom. The SMILES string of the molecule is COC(=O)C[C@H](C)OCc1ccc(OC)cc1. The topological polar surface area (TPSA) is 44.8 Å². The van der Waals surface area contributed by atoms with Crippen LogP contribution in [0.4, 0.5) is 0 Å². The van der Waals surface area contributed by atoms with E-state index in [1.54, 1.807) is 7.11 Å². The summed E-state index contributed by atoms with van der Waals surface area (Å²) < 4.78 is 15.2. The second-order valence-corrected chi connectivity index (χ2v) is 3.75. The van der Waals surface area contributed by atoms with Crippen LogP contribution in [0.2, 0.25) is 0 Å². The highest BCUT2D eigenvalue weighted by Gasteiger charge is 2.09. The fraction of sp³-hybridized carbons (Fsp3) is 0.462. The van der Waals surface area contributed by atoms with E-state index in [9.17, 15) is 4.79 Å². The van der Waals surface area contributed by atoms with Crippen LogP contribution in [-0.2, 0) is 20.9 Å². The van der Waals surface area contributed by atoms with Crippen molar-refractivity contribution < 1.29 is 19.0 Å². The Kier molecular flexibility index (Phi) is 5.49. The number of hydrogen-bond donors (Lipinski definition) is 0. The van der Waals surface area contributed by atoms with Crippen LogP contribution in [0.5, 0.6) is 5.75 Å². The van der Waals surface area contributed by atoms with Crippen molar-refractivity contribution in [3.05, 3.63) is 29.8 Å². The van der Waals surface area contributed by atoms with E-state index in [-0.39, 0.29) is 18.5 Å². The van der Waals surface area contributed by atoms with Gasteiger partial charge in [0.1, 0.15) is 5.75 Å². The monoisotopic (exact) mass is 238 g/mol. The van der Waals surface area contributed by atoms with Crippen LogP contribution in [-0.4, -0.2) is 26.3 Å². The molecule has 0 unspecified atom stereocenters. The van der Waals surface area contributed by atoms with E-state index < -0.39 is 0 Å². The van der Waals surface area contributed by atoms with Gasteiger partial charge in [-0.3, -0.25) is 4.79 Å². The number of ether oxygens (including phenoxy) is 3. The van der Waals surface area contributed by atoms with Crippen LogP contribution in [0.1, 0.15) is 18.9 Å². The maximum absolute atomic E-state index is 11.0. The first-order chi connectivity index (χ1) is 8.15. The van der Waals surface area contributed by atoms with E-state index in [1.807, 2.05) is 31.2 Å². The Hall–Kier alpha value is -1.55. The molecule has 0 aliphatic rings. The Bertz CT molecular complexity index is 345. The molecule has 0 aromatic heterocycles. The standard InChI is InChI=1S/C13H18O4/c1-10(8-13(14)16-3)17-9-11-4-6-12(15-2)7-5-11/h4-7,10H,8-9H2,1-3H3/t10-/m0/s1. The highest BCUT2D eigenvalue weighted by molar-refractivity contribution is 5.69. The zero-order valence-electron chi connectivity index (χ0n) is 10.4. The minimum Gasteiger partial charge on any atom is -0.497 e. The van der Waals surface area contributed by atoms with E-state index in [0.29, 0.717) is 6.61 Å². The average molecular weight is 238 g/mol. The summed E-state index contributed by atoms with van der Waals surface area (Å²) in [6.45, 7) is 2.32. The molecule has 0 N–H and O–H groups in total. The molecule has 0 fully saturated rings. The molecule has 1 aromatic carbocycles. The van der Waals surface area contributed by atoms with Crippen molar-refractivity contribution in [2.24, 2.45) is 0 Å². The fourth-order valence-corrected chi connectivity index (χ4v) is 1.34. The second-order valence-electron chi connectivity index (χ2n) is 3.75. The Labute approximate surface area is 101 Å². The van der Waals surface area contributed by atoms with Gasteiger partial charge >= 0.3 is 5.97 Å².